The molecule has 1 aromatic carbocycles. The number of hydrogen-bond donors (Lipinski definition) is 2. The normalized spacial score (nSPS) is 11.7. The van der Waals surface area contributed by atoms with Gasteiger partial charge in [-0.1, -0.05) is 53.5 Å². The van der Waals surface area contributed by atoms with Gasteiger partial charge in [0, 0.05) is 6.20 Å². The fourth-order valence-corrected chi connectivity index (χ4v) is 1.96. The van der Waals surface area contributed by atoms with E-state index in [9.17, 15) is 14.7 Å². The van der Waals surface area contributed by atoms with Gasteiger partial charge in [-0.15, -0.1) is 0 Å². The van der Waals surface area contributed by atoms with Gasteiger partial charge < -0.3 is 10.4 Å². The van der Waals surface area contributed by atoms with Crippen LogP contribution in [0.15, 0.2) is 42.6 Å². The molecule has 5 nitrogen and oxygen atoms in total. The van der Waals surface area contributed by atoms with Gasteiger partial charge in [0.25, 0.3) is 5.91 Å². The van der Waals surface area contributed by atoms with Gasteiger partial charge in [0.1, 0.15) is 5.15 Å². The Morgan fingerprint density at radius 3 is 2.43 bits per heavy atom. The Labute approximate surface area is 130 Å². The minimum absolute atomic E-state index is 0.0751. The van der Waals surface area contributed by atoms with E-state index in [2.05, 4.69) is 10.3 Å². The molecule has 1 heterocycles. The standard InChI is InChI=1S/C14H10Cl2N2O3/c15-10-6-9(7-17-12(10)16)13(19)18-11(14(20)21)8-4-2-1-3-5-8/h1-7,11H,(H,18,19)(H,20,21)/t11-/m1/s1. The molecule has 0 saturated heterocycles. The number of hydrogen-bond acceptors (Lipinski definition) is 3. The van der Waals surface area contributed by atoms with Crippen LogP contribution in [0.5, 0.6) is 0 Å². The first-order valence-corrected chi connectivity index (χ1v) is 6.64. The molecule has 0 aliphatic carbocycles. The molecule has 0 unspecified atom stereocenters. The van der Waals surface area contributed by atoms with Crippen LogP contribution in [0.1, 0.15) is 22.0 Å². The molecule has 0 bridgehead atoms. The third-order valence-corrected chi connectivity index (χ3v) is 3.40. The molecule has 2 aromatic rings. The average Bonchev–Trinajstić information content (AvgIpc) is 2.48. The molecule has 108 valence electrons. The van der Waals surface area contributed by atoms with E-state index in [1.807, 2.05) is 0 Å². The van der Waals surface area contributed by atoms with Crippen molar-refractivity contribution in [2.75, 3.05) is 0 Å². The van der Waals surface area contributed by atoms with Crippen LogP contribution in [0, 0.1) is 0 Å². The number of benzene rings is 1. The number of carbonyl (C=O) groups is 2. The van der Waals surface area contributed by atoms with E-state index < -0.39 is 17.9 Å². The van der Waals surface area contributed by atoms with Crippen LogP contribution < -0.4 is 5.32 Å². The highest BCUT2D eigenvalue weighted by molar-refractivity contribution is 6.41. The van der Waals surface area contributed by atoms with E-state index in [1.54, 1.807) is 30.3 Å². The lowest BCUT2D eigenvalue weighted by molar-refractivity contribution is -0.139. The Hall–Kier alpha value is -2.11. The molecule has 0 saturated carbocycles. The summed E-state index contributed by atoms with van der Waals surface area (Å²) >= 11 is 11.5. The second-order valence-electron chi connectivity index (χ2n) is 4.15. The second kappa shape index (κ2) is 6.56. The van der Waals surface area contributed by atoms with Crippen LogP contribution in [-0.4, -0.2) is 22.0 Å². The van der Waals surface area contributed by atoms with Crippen molar-refractivity contribution in [3.05, 3.63) is 63.9 Å². The van der Waals surface area contributed by atoms with Crippen molar-refractivity contribution in [1.82, 2.24) is 10.3 Å². The number of rotatable bonds is 4. The van der Waals surface area contributed by atoms with E-state index in [1.165, 1.54) is 12.3 Å². The predicted octanol–water partition coefficient (Wildman–Crippen LogP) is 2.94. The van der Waals surface area contributed by atoms with E-state index >= 15 is 0 Å². The number of pyridine rings is 1. The highest BCUT2D eigenvalue weighted by atomic mass is 35.5. The third-order valence-electron chi connectivity index (χ3n) is 2.71. The zero-order valence-corrected chi connectivity index (χ0v) is 12.1. The SMILES string of the molecule is O=C(N[C@@H](C(=O)O)c1ccccc1)c1cnc(Cl)c(Cl)c1. The summed E-state index contributed by atoms with van der Waals surface area (Å²) in [6, 6.07) is 8.55. The molecule has 1 atom stereocenters. The first-order chi connectivity index (χ1) is 9.99. The van der Waals surface area contributed by atoms with Crippen molar-refractivity contribution in [3.8, 4) is 0 Å². The van der Waals surface area contributed by atoms with Crippen molar-refractivity contribution in [2.24, 2.45) is 0 Å². The van der Waals surface area contributed by atoms with Gasteiger partial charge in [-0.05, 0) is 11.6 Å². The van der Waals surface area contributed by atoms with Crippen molar-refractivity contribution in [1.29, 1.82) is 0 Å². The smallest absolute Gasteiger partial charge is 0.330 e. The molecule has 2 N–H and O–H groups in total. The van der Waals surface area contributed by atoms with Crippen LogP contribution in [-0.2, 0) is 4.79 Å². The van der Waals surface area contributed by atoms with Gasteiger partial charge >= 0.3 is 5.97 Å². The van der Waals surface area contributed by atoms with Crippen LogP contribution in [0.25, 0.3) is 0 Å². The minimum atomic E-state index is -1.16. The lowest BCUT2D eigenvalue weighted by Crippen LogP contribution is -2.33. The molecule has 0 aliphatic heterocycles. The molecule has 0 fully saturated rings. The molecule has 0 radical (unpaired) electrons. The average molecular weight is 325 g/mol. The Morgan fingerprint density at radius 2 is 1.86 bits per heavy atom. The van der Waals surface area contributed by atoms with Gasteiger partial charge in [0.15, 0.2) is 6.04 Å². The first-order valence-electron chi connectivity index (χ1n) is 5.88. The fourth-order valence-electron chi connectivity index (χ4n) is 1.69. The van der Waals surface area contributed by atoms with Crippen LogP contribution >= 0.6 is 23.2 Å². The summed E-state index contributed by atoms with van der Waals surface area (Å²) in [6.45, 7) is 0. The van der Waals surface area contributed by atoms with Crippen molar-refractivity contribution in [3.63, 3.8) is 0 Å². The van der Waals surface area contributed by atoms with Gasteiger partial charge in [0.05, 0.1) is 10.6 Å². The minimum Gasteiger partial charge on any atom is -0.479 e. The number of amides is 1. The first kappa shape index (κ1) is 15.3. The number of carboxylic acid groups (broad SMARTS) is 1. The molecule has 0 spiro atoms. The molecule has 7 heteroatoms. The van der Waals surface area contributed by atoms with E-state index in [0.717, 1.165) is 0 Å². The van der Waals surface area contributed by atoms with Gasteiger partial charge in [-0.25, -0.2) is 9.78 Å². The maximum Gasteiger partial charge on any atom is 0.330 e. The summed E-state index contributed by atoms with van der Waals surface area (Å²) in [5.41, 5.74) is 0.595. The number of nitrogens with one attached hydrogen (secondary N) is 1. The Morgan fingerprint density at radius 1 is 1.19 bits per heavy atom. The zero-order valence-electron chi connectivity index (χ0n) is 10.6. The van der Waals surface area contributed by atoms with Crippen molar-refractivity contribution >= 4 is 35.1 Å². The summed E-state index contributed by atoms with van der Waals surface area (Å²) in [6.07, 6.45) is 1.23. The van der Waals surface area contributed by atoms with Crippen LogP contribution in [0.3, 0.4) is 0 Å². The zero-order chi connectivity index (χ0) is 15.4. The number of aromatic nitrogens is 1. The monoisotopic (exact) mass is 324 g/mol. The Bertz CT molecular complexity index is 677. The van der Waals surface area contributed by atoms with E-state index in [4.69, 9.17) is 23.2 Å². The van der Waals surface area contributed by atoms with Gasteiger partial charge in [-0.2, -0.15) is 0 Å². The number of nitrogens with zero attached hydrogens (tertiary/aromatic N) is 1. The molecular formula is C14H10Cl2N2O3. The molecule has 1 aromatic heterocycles. The summed E-state index contributed by atoms with van der Waals surface area (Å²) in [5.74, 6) is -1.76. The number of carboxylic acids is 1. The molecule has 0 aliphatic rings. The summed E-state index contributed by atoms with van der Waals surface area (Å²) in [4.78, 5) is 27.1. The second-order valence-corrected chi connectivity index (χ2v) is 4.92. The molecule has 21 heavy (non-hydrogen) atoms. The van der Waals surface area contributed by atoms with Gasteiger partial charge in [-0.3, -0.25) is 4.79 Å². The maximum absolute atomic E-state index is 12.1. The van der Waals surface area contributed by atoms with E-state index in [0.29, 0.717) is 5.56 Å². The van der Waals surface area contributed by atoms with Gasteiger partial charge in [0.2, 0.25) is 0 Å². The number of aliphatic carboxylic acids is 1. The molecule has 2 rings (SSSR count). The Balaban J connectivity index is 2.23. The third kappa shape index (κ3) is 3.71. The molecule has 1 amide bonds. The quantitative estimate of drug-likeness (QED) is 0.847. The summed E-state index contributed by atoms with van der Waals surface area (Å²) in [7, 11) is 0. The maximum atomic E-state index is 12.1. The summed E-state index contributed by atoms with van der Waals surface area (Å²) in [5, 5.41) is 11.9. The topological polar surface area (TPSA) is 79.3 Å². The van der Waals surface area contributed by atoms with Crippen LogP contribution in [0.2, 0.25) is 10.2 Å². The highest BCUT2D eigenvalue weighted by Crippen LogP contribution is 2.20. The van der Waals surface area contributed by atoms with Crippen molar-refractivity contribution in [2.45, 2.75) is 6.04 Å². The largest absolute Gasteiger partial charge is 0.479 e. The van der Waals surface area contributed by atoms with Crippen molar-refractivity contribution < 1.29 is 14.7 Å². The highest BCUT2D eigenvalue weighted by Gasteiger charge is 2.22. The fraction of sp³-hybridized carbons (Fsp3) is 0.0714. The lowest BCUT2D eigenvalue weighted by atomic mass is 10.1. The van der Waals surface area contributed by atoms with Crippen LogP contribution in [0.4, 0.5) is 0 Å². The molecular weight excluding hydrogens is 315 g/mol. The van der Waals surface area contributed by atoms with E-state index in [-0.39, 0.29) is 15.7 Å². The number of carbonyl (C=O) groups excluding carboxylic acids is 1. The Kier molecular flexibility index (Phi) is 4.77. The summed E-state index contributed by atoms with van der Waals surface area (Å²) < 4.78 is 0. The predicted molar refractivity (Wildman–Crippen MR) is 78.5 cm³/mol. The lowest BCUT2D eigenvalue weighted by Gasteiger charge is -2.15. The number of halogens is 2.